The molecular formula is C17H26N2O2. The zero-order chi connectivity index (χ0) is 15.2. The molecule has 1 aliphatic heterocycles. The van der Waals surface area contributed by atoms with Gasteiger partial charge in [0.1, 0.15) is 0 Å². The topological polar surface area (TPSA) is 41.6 Å². The number of nitrogens with zero attached hydrogens (tertiary/aromatic N) is 1. The number of ether oxygens (including phenoxy) is 1. The van der Waals surface area contributed by atoms with Crippen LogP contribution in [0.3, 0.4) is 0 Å². The lowest BCUT2D eigenvalue weighted by Crippen LogP contribution is -2.45. The molecule has 1 N–H and O–H groups in total. The van der Waals surface area contributed by atoms with Crippen LogP contribution in [0.5, 0.6) is 0 Å². The van der Waals surface area contributed by atoms with Crippen molar-refractivity contribution in [3.05, 3.63) is 29.3 Å². The highest BCUT2D eigenvalue weighted by Gasteiger charge is 2.24. The van der Waals surface area contributed by atoms with Gasteiger partial charge in [-0.3, -0.25) is 4.79 Å². The number of anilines is 1. The Bertz CT molecular complexity index is 488. The molecule has 1 heterocycles. The normalized spacial score (nSPS) is 18.6. The second-order valence-corrected chi connectivity index (χ2v) is 5.61. The number of hydrogen-bond donors (Lipinski definition) is 1. The number of carbonyl (C=O) groups is 1. The standard InChI is InChI=1S/C17H26N2O2/c1-4-8-18-16-7-6-14(11-13(16)3)17(20)19-9-10-21-15(5-2)12-19/h6-7,11,15,18H,4-5,8-10,12H2,1-3H3. The van der Waals surface area contributed by atoms with Crippen molar-refractivity contribution < 1.29 is 9.53 Å². The number of aryl methyl sites for hydroxylation is 1. The first-order valence-electron chi connectivity index (χ1n) is 7.91. The van der Waals surface area contributed by atoms with Crippen LogP contribution in [0, 0.1) is 6.92 Å². The summed E-state index contributed by atoms with van der Waals surface area (Å²) in [5, 5.41) is 3.38. The van der Waals surface area contributed by atoms with Gasteiger partial charge < -0.3 is 15.0 Å². The quantitative estimate of drug-likeness (QED) is 0.906. The second kappa shape index (κ2) is 7.46. The summed E-state index contributed by atoms with van der Waals surface area (Å²) in [5.41, 5.74) is 3.00. The third-order valence-corrected chi connectivity index (χ3v) is 3.92. The summed E-state index contributed by atoms with van der Waals surface area (Å²) in [6, 6.07) is 5.91. The molecule has 1 atom stereocenters. The van der Waals surface area contributed by atoms with Gasteiger partial charge in [-0.15, -0.1) is 0 Å². The molecule has 4 nitrogen and oxygen atoms in total. The molecule has 21 heavy (non-hydrogen) atoms. The van der Waals surface area contributed by atoms with Crippen LogP contribution in [-0.2, 0) is 4.74 Å². The van der Waals surface area contributed by atoms with Gasteiger partial charge in [-0.2, -0.15) is 0 Å². The van der Waals surface area contributed by atoms with Crippen molar-refractivity contribution in [2.45, 2.75) is 39.7 Å². The van der Waals surface area contributed by atoms with E-state index in [0.29, 0.717) is 19.7 Å². The van der Waals surface area contributed by atoms with Crippen LogP contribution in [0.25, 0.3) is 0 Å². The van der Waals surface area contributed by atoms with Crippen molar-refractivity contribution in [1.29, 1.82) is 0 Å². The minimum atomic E-state index is 0.113. The van der Waals surface area contributed by atoms with Crippen LogP contribution in [0.15, 0.2) is 18.2 Å². The summed E-state index contributed by atoms with van der Waals surface area (Å²) in [5.74, 6) is 0.113. The number of amides is 1. The van der Waals surface area contributed by atoms with E-state index in [-0.39, 0.29) is 12.0 Å². The predicted molar refractivity (Wildman–Crippen MR) is 85.9 cm³/mol. The molecule has 1 saturated heterocycles. The van der Waals surface area contributed by atoms with E-state index in [9.17, 15) is 4.79 Å². The van der Waals surface area contributed by atoms with Gasteiger partial charge in [0, 0.05) is 30.9 Å². The molecule has 0 spiro atoms. The van der Waals surface area contributed by atoms with Crippen molar-refractivity contribution in [3.63, 3.8) is 0 Å². The van der Waals surface area contributed by atoms with E-state index in [2.05, 4.69) is 19.2 Å². The maximum atomic E-state index is 12.6. The molecule has 0 radical (unpaired) electrons. The molecule has 1 fully saturated rings. The lowest BCUT2D eigenvalue weighted by molar-refractivity contribution is -0.0226. The van der Waals surface area contributed by atoms with Gasteiger partial charge >= 0.3 is 0 Å². The summed E-state index contributed by atoms with van der Waals surface area (Å²) < 4.78 is 5.63. The molecule has 0 bridgehead atoms. The summed E-state index contributed by atoms with van der Waals surface area (Å²) in [4.78, 5) is 14.5. The lowest BCUT2D eigenvalue weighted by Gasteiger charge is -2.32. The third-order valence-electron chi connectivity index (χ3n) is 3.92. The first kappa shape index (κ1) is 15.8. The fourth-order valence-corrected chi connectivity index (χ4v) is 2.59. The Kier molecular flexibility index (Phi) is 5.62. The lowest BCUT2D eigenvalue weighted by atomic mass is 10.1. The third kappa shape index (κ3) is 3.97. The Balaban J connectivity index is 2.07. The zero-order valence-corrected chi connectivity index (χ0v) is 13.3. The Labute approximate surface area is 127 Å². The molecule has 0 saturated carbocycles. The number of nitrogens with one attached hydrogen (secondary N) is 1. The van der Waals surface area contributed by atoms with E-state index in [1.165, 1.54) is 0 Å². The molecule has 0 aliphatic carbocycles. The molecule has 1 aromatic carbocycles. The number of morpholine rings is 1. The SMILES string of the molecule is CCCNc1ccc(C(=O)N2CCOC(CC)C2)cc1C. The van der Waals surface area contributed by atoms with Crippen molar-refractivity contribution >= 4 is 11.6 Å². The average molecular weight is 290 g/mol. The van der Waals surface area contributed by atoms with Gasteiger partial charge in [-0.05, 0) is 43.5 Å². The van der Waals surface area contributed by atoms with Crippen LogP contribution < -0.4 is 5.32 Å². The highest BCUT2D eigenvalue weighted by molar-refractivity contribution is 5.95. The highest BCUT2D eigenvalue weighted by atomic mass is 16.5. The highest BCUT2D eigenvalue weighted by Crippen LogP contribution is 2.19. The van der Waals surface area contributed by atoms with E-state index in [1.54, 1.807) is 0 Å². The molecule has 2 rings (SSSR count). The van der Waals surface area contributed by atoms with Gasteiger partial charge in [0.25, 0.3) is 5.91 Å². The van der Waals surface area contributed by atoms with Crippen LogP contribution in [0.2, 0.25) is 0 Å². The van der Waals surface area contributed by atoms with Gasteiger partial charge in [-0.1, -0.05) is 13.8 Å². The summed E-state index contributed by atoms with van der Waals surface area (Å²) in [6.07, 6.45) is 2.21. The Morgan fingerprint density at radius 3 is 2.90 bits per heavy atom. The molecule has 0 aromatic heterocycles. The molecular weight excluding hydrogens is 264 g/mol. The Hall–Kier alpha value is -1.55. The Morgan fingerprint density at radius 2 is 2.24 bits per heavy atom. The van der Waals surface area contributed by atoms with Crippen molar-refractivity contribution in [2.24, 2.45) is 0 Å². The van der Waals surface area contributed by atoms with Gasteiger partial charge in [-0.25, -0.2) is 0 Å². The predicted octanol–water partition coefficient (Wildman–Crippen LogP) is 3.07. The van der Waals surface area contributed by atoms with Gasteiger partial charge in [0.2, 0.25) is 0 Å². The number of rotatable bonds is 5. The summed E-state index contributed by atoms with van der Waals surface area (Å²) in [7, 11) is 0. The first-order chi connectivity index (χ1) is 10.2. The summed E-state index contributed by atoms with van der Waals surface area (Å²) in [6.45, 7) is 9.26. The van der Waals surface area contributed by atoms with Crippen LogP contribution in [0.4, 0.5) is 5.69 Å². The van der Waals surface area contributed by atoms with Crippen molar-refractivity contribution in [3.8, 4) is 0 Å². The minimum Gasteiger partial charge on any atom is -0.385 e. The van der Waals surface area contributed by atoms with E-state index in [4.69, 9.17) is 4.74 Å². The maximum Gasteiger partial charge on any atom is 0.254 e. The molecule has 1 aromatic rings. The number of hydrogen-bond acceptors (Lipinski definition) is 3. The van der Waals surface area contributed by atoms with Gasteiger partial charge in [0.05, 0.1) is 12.7 Å². The van der Waals surface area contributed by atoms with Crippen molar-refractivity contribution in [2.75, 3.05) is 31.6 Å². The first-order valence-corrected chi connectivity index (χ1v) is 7.91. The van der Waals surface area contributed by atoms with Crippen LogP contribution in [-0.4, -0.2) is 43.2 Å². The smallest absolute Gasteiger partial charge is 0.254 e. The fourth-order valence-electron chi connectivity index (χ4n) is 2.59. The monoisotopic (exact) mass is 290 g/mol. The second-order valence-electron chi connectivity index (χ2n) is 5.61. The van der Waals surface area contributed by atoms with Crippen LogP contribution >= 0.6 is 0 Å². The molecule has 1 unspecified atom stereocenters. The average Bonchev–Trinajstić information content (AvgIpc) is 2.53. The molecule has 1 amide bonds. The van der Waals surface area contributed by atoms with Crippen molar-refractivity contribution in [1.82, 2.24) is 4.90 Å². The largest absolute Gasteiger partial charge is 0.385 e. The van der Waals surface area contributed by atoms with E-state index >= 15 is 0 Å². The Morgan fingerprint density at radius 1 is 1.43 bits per heavy atom. The van der Waals surface area contributed by atoms with E-state index in [1.807, 2.05) is 30.0 Å². The maximum absolute atomic E-state index is 12.6. The fraction of sp³-hybridized carbons (Fsp3) is 0.588. The number of carbonyl (C=O) groups excluding carboxylic acids is 1. The molecule has 1 aliphatic rings. The zero-order valence-electron chi connectivity index (χ0n) is 13.3. The van der Waals surface area contributed by atoms with E-state index < -0.39 is 0 Å². The molecule has 116 valence electrons. The molecule has 4 heteroatoms. The van der Waals surface area contributed by atoms with Gasteiger partial charge in [0.15, 0.2) is 0 Å². The van der Waals surface area contributed by atoms with E-state index in [0.717, 1.165) is 36.2 Å². The number of benzene rings is 1. The van der Waals surface area contributed by atoms with Crippen LogP contribution in [0.1, 0.15) is 42.6 Å². The summed E-state index contributed by atoms with van der Waals surface area (Å²) >= 11 is 0. The minimum absolute atomic E-state index is 0.113.